The highest BCUT2D eigenvalue weighted by Gasteiger charge is 2.18. The summed E-state index contributed by atoms with van der Waals surface area (Å²) in [5, 5.41) is 10.1. The van der Waals surface area contributed by atoms with Crippen molar-refractivity contribution in [3.05, 3.63) is 71.7 Å². The number of rotatable bonds is 6. The predicted molar refractivity (Wildman–Crippen MR) is 109 cm³/mol. The molecule has 29 heavy (non-hydrogen) atoms. The largest absolute Gasteiger partial charge is 0.462 e. The van der Waals surface area contributed by atoms with E-state index in [1.54, 1.807) is 48.3 Å². The molecule has 4 aromatic rings. The Hall–Kier alpha value is -3.72. The van der Waals surface area contributed by atoms with E-state index in [1.807, 2.05) is 24.4 Å². The second kappa shape index (κ2) is 8.11. The molecule has 0 spiro atoms. The van der Waals surface area contributed by atoms with Crippen LogP contribution in [-0.4, -0.2) is 33.1 Å². The van der Waals surface area contributed by atoms with Gasteiger partial charge in [0.1, 0.15) is 5.69 Å². The molecule has 0 aliphatic heterocycles. The number of hydrogen-bond donors (Lipinski definition) is 2. The fraction of sp³-hybridized carbons (Fsp3) is 0.100. The van der Waals surface area contributed by atoms with Gasteiger partial charge in [-0.05, 0) is 49.4 Å². The van der Waals surface area contributed by atoms with E-state index in [-0.39, 0.29) is 18.1 Å². The molecule has 0 radical (unpaired) electrons. The van der Waals surface area contributed by atoms with Gasteiger partial charge >= 0.3 is 0 Å². The van der Waals surface area contributed by atoms with Gasteiger partial charge < -0.3 is 15.1 Å². The van der Waals surface area contributed by atoms with Crippen LogP contribution in [0.1, 0.15) is 15.4 Å². The molecule has 0 unspecified atom stereocenters. The number of benzene rings is 1. The lowest BCUT2D eigenvalue weighted by Crippen LogP contribution is -2.33. The second-order valence-corrected chi connectivity index (χ2v) is 7.33. The van der Waals surface area contributed by atoms with E-state index < -0.39 is 5.91 Å². The van der Waals surface area contributed by atoms with Crippen molar-refractivity contribution < 1.29 is 14.0 Å². The maximum absolute atomic E-state index is 12.4. The SMILES string of the molecule is Cc1sc(-c2ccco2)nc1C(=O)NCC(=O)Nc1ccc(-n2cccn2)cc1. The standard InChI is InChI=1S/C20H17N5O3S/c1-13-18(24-20(29-13)16-4-2-11-28-16)19(27)21-12-17(26)23-14-5-7-15(8-6-14)25-10-3-9-22-25/h2-11H,12H2,1H3,(H,21,27)(H,23,26). The molecule has 0 atom stereocenters. The number of anilines is 1. The van der Waals surface area contributed by atoms with Crippen LogP contribution >= 0.6 is 11.3 Å². The van der Waals surface area contributed by atoms with Gasteiger partial charge in [0.2, 0.25) is 5.91 Å². The molecule has 0 saturated heterocycles. The summed E-state index contributed by atoms with van der Waals surface area (Å²) in [7, 11) is 0. The van der Waals surface area contributed by atoms with Gasteiger partial charge in [0.05, 0.1) is 18.5 Å². The summed E-state index contributed by atoms with van der Waals surface area (Å²) in [6.07, 6.45) is 5.08. The van der Waals surface area contributed by atoms with Crippen molar-refractivity contribution in [3.63, 3.8) is 0 Å². The molecule has 3 aromatic heterocycles. The van der Waals surface area contributed by atoms with Crippen LogP contribution in [0.25, 0.3) is 16.5 Å². The lowest BCUT2D eigenvalue weighted by molar-refractivity contribution is -0.115. The summed E-state index contributed by atoms with van der Waals surface area (Å²) in [6, 6.07) is 12.6. The lowest BCUT2D eigenvalue weighted by atomic mass is 10.3. The highest BCUT2D eigenvalue weighted by Crippen LogP contribution is 2.27. The van der Waals surface area contributed by atoms with Gasteiger partial charge in [0.25, 0.3) is 5.91 Å². The van der Waals surface area contributed by atoms with E-state index in [1.165, 1.54) is 11.3 Å². The van der Waals surface area contributed by atoms with Gasteiger partial charge in [-0.1, -0.05) is 0 Å². The number of aromatic nitrogens is 3. The van der Waals surface area contributed by atoms with Gasteiger partial charge in [-0.3, -0.25) is 9.59 Å². The number of carbonyl (C=O) groups excluding carboxylic acids is 2. The average molecular weight is 407 g/mol. The number of amides is 2. The molecule has 9 heteroatoms. The Bertz CT molecular complexity index is 1120. The molecular formula is C20H17N5O3S. The summed E-state index contributed by atoms with van der Waals surface area (Å²) in [5.74, 6) is -0.126. The maximum atomic E-state index is 12.4. The molecule has 8 nitrogen and oxygen atoms in total. The Kier molecular flexibility index (Phi) is 5.21. The minimum atomic E-state index is -0.402. The normalized spacial score (nSPS) is 10.7. The fourth-order valence-corrected chi connectivity index (χ4v) is 3.56. The Morgan fingerprint density at radius 1 is 1.17 bits per heavy atom. The maximum Gasteiger partial charge on any atom is 0.271 e. The minimum absolute atomic E-state index is 0.160. The number of hydrogen-bond acceptors (Lipinski definition) is 6. The number of carbonyl (C=O) groups is 2. The smallest absolute Gasteiger partial charge is 0.271 e. The van der Waals surface area contributed by atoms with Crippen molar-refractivity contribution in [1.82, 2.24) is 20.1 Å². The highest BCUT2D eigenvalue weighted by molar-refractivity contribution is 7.15. The van der Waals surface area contributed by atoms with E-state index in [2.05, 4.69) is 20.7 Å². The van der Waals surface area contributed by atoms with Crippen molar-refractivity contribution in [3.8, 4) is 16.5 Å². The Morgan fingerprint density at radius 3 is 2.69 bits per heavy atom. The van der Waals surface area contributed by atoms with E-state index in [4.69, 9.17) is 4.42 Å². The molecular weight excluding hydrogens is 390 g/mol. The van der Waals surface area contributed by atoms with Crippen LogP contribution in [-0.2, 0) is 4.79 Å². The number of aryl methyl sites for hydroxylation is 1. The van der Waals surface area contributed by atoms with Crippen LogP contribution in [0.4, 0.5) is 5.69 Å². The number of thiazole rings is 1. The van der Waals surface area contributed by atoms with Crippen molar-refractivity contribution in [1.29, 1.82) is 0 Å². The van der Waals surface area contributed by atoms with Crippen LogP contribution in [0.15, 0.2) is 65.5 Å². The summed E-state index contributed by atoms with van der Waals surface area (Å²) in [5.41, 5.74) is 1.80. The molecule has 1 aromatic carbocycles. The third-order valence-electron chi connectivity index (χ3n) is 4.07. The van der Waals surface area contributed by atoms with Crippen LogP contribution < -0.4 is 10.6 Å². The topological polar surface area (TPSA) is 102 Å². The van der Waals surface area contributed by atoms with E-state index >= 15 is 0 Å². The molecule has 2 amide bonds. The molecule has 0 aliphatic rings. The summed E-state index contributed by atoms with van der Waals surface area (Å²) in [6.45, 7) is 1.65. The zero-order chi connectivity index (χ0) is 20.2. The molecule has 4 rings (SSSR count). The van der Waals surface area contributed by atoms with Crippen LogP contribution in [0.5, 0.6) is 0 Å². The minimum Gasteiger partial charge on any atom is -0.462 e. The first kappa shape index (κ1) is 18.6. The zero-order valence-electron chi connectivity index (χ0n) is 15.5. The van der Waals surface area contributed by atoms with Crippen LogP contribution in [0.3, 0.4) is 0 Å². The van der Waals surface area contributed by atoms with E-state index in [0.717, 1.165) is 10.6 Å². The average Bonchev–Trinajstić information content (AvgIpc) is 3.48. The number of nitrogens with zero attached hydrogens (tertiary/aromatic N) is 3. The van der Waals surface area contributed by atoms with Gasteiger partial charge in [-0.2, -0.15) is 5.10 Å². The summed E-state index contributed by atoms with van der Waals surface area (Å²) in [4.78, 5) is 29.6. The van der Waals surface area contributed by atoms with Crippen molar-refractivity contribution >= 4 is 28.8 Å². The first-order valence-electron chi connectivity index (χ1n) is 8.79. The molecule has 0 bridgehead atoms. The van der Waals surface area contributed by atoms with Crippen molar-refractivity contribution in [2.75, 3.05) is 11.9 Å². The second-order valence-electron chi connectivity index (χ2n) is 6.13. The number of nitrogens with one attached hydrogen (secondary N) is 2. The molecule has 3 heterocycles. The summed E-state index contributed by atoms with van der Waals surface area (Å²) >= 11 is 1.36. The zero-order valence-corrected chi connectivity index (χ0v) is 16.3. The molecule has 0 aliphatic carbocycles. The number of furan rings is 1. The van der Waals surface area contributed by atoms with Crippen molar-refractivity contribution in [2.24, 2.45) is 0 Å². The molecule has 0 saturated carbocycles. The molecule has 146 valence electrons. The molecule has 2 N–H and O–H groups in total. The molecule has 0 fully saturated rings. The van der Waals surface area contributed by atoms with Gasteiger partial charge in [-0.25, -0.2) is 9.67 Å². The van der Waals surface area contributed by atoms with Gasteiger partial charge in [0.15, 0.2) is 10.8 Å². The fourth-order valence-electron chi connectivity index (χ4n) is 2.68. The van der Waals surface area contributed by atoms with Gasteiger partial charge in [0, 0.05) is 23.0 Å². The monoisotopic (exact) mass is 407 g/mol. The van der Waals surface area contributed by atoms with Crippen LogP contribution in [0.2, 0.25) is 0 Å². The third-order valence-corrected chi connectivity index (χ3v) is 5.06. The first-order chi connectivity index (χ1) is 14.1. The highest BCUT2D eigenvalue weighted by atomic mass is 32.1. The third kappa shape index (κ3) is 4.25. The predicted octanol–water partition coefficient (Wildman–Crippen LogP) is 3.27. The quantitative estimate of drug-likeness (QED) is 0.511. The Morgan fingerprint density at radius 2 is 2.00 bits per heavy atom. The van der Waals surface area contributed by atoms with Crippen molar-refractivity contribution in [2.45, 2.75) is 6.92 Å². The van der Waals surface area contributed by atoms with Crippen LogP contribution in [0, 0.1) is 6.92 Å². The lowest BCUT2D eigenvalue weighted by Gasteiger charge is -2.07. The van der Waals surface area contributed by atoms with E-state index in [9.17, 15) is 9.59 Å². The summed E-state index contributed by atoms with van der Waals surface area (Å²) < 4.78 is 7.03. The Labute approximate surface area is 170 Å². The van der Waals surface area contributed by atoms with E-state index in [0.29, 0.717) is 16.5 Å². The Balaban J connectivity index is 1.33. The first-order valence-corrected chi connectivity index (χ1v) is 9.61. The van der Waals surface area contributed by atoms with Gasteiger partial charge in [-0.15, -0.1) is 11.3 Å².